The first-order chi connectivity index (χ1) is 10.00. The van der Waals surface area contributed by atoms with Crippen LogP contribution in [0.25, 0.3) is 0 Å². The van der Waals surface area contributed by atoms with Crippen LogP contribution in [-0.2, 0) is 0 Å². The van der Waals surface area contributed by atoms with Gasteiger partial charge in [-0.2, -0.15) is 10.4 Å². The predicted octanol–water partition coefficient (Wildman–Crippen LogP) is 2.82. The molecule has 0 aromatic carbocycles. The van der Waals surface area contributed by atoms with Crippen molar-refractivity contribution < 1.29 is 0 Å². The Morgan fingerprint density at radius 1 is 1.38 bits per heavy atom. The largest absolute Gasteiger partial charge is 0.382 e. The first-order valence-corrected chi connectivity index (χ1v) is 7.94. The Labute approximate surface area is 127 Å². The topological polar surface area (TPSA) is 70.9 Å². The Hall–Kier alpha value is -1.54. The molecule has 1 aromatic rings. The lowest BCUT2D eigenvalue weighted by Crippen LogP contribution is -2.35. The number of likely N-dealkylation sites (tertiary alicyclic amines) is 1. The van der Waals surface area contributed by atoms with Crippen molar-refractivity contribution >= 4 is 5.82 Å². The van der Waals surface area contributed by atoms with E-state index >= 15 is 0 Å². The molecule has 1 fully saturated rings. The second-order valence-corrected chi connectivity index (χ2v) is 6.75. The number of nitrogen functional groups attached to an aromatic ring is 1. The van der Waals surface area contributed by atoms with Crippen LogP contribution in [0.5, 0.6) is 0 Å². The monoisotopic (exact) mass is 289 g/mol. The molecule has 0 atom stereocenters. The second kappa shape index (κ2) is 6.95. The number of rotatable bonds is 6. The Morgan fingerprint density at radius 2 is 2.10 bits per heavy atom. The van der Waals surface area contributed by atoms with Gasteiger partial charge in [0.05, 0.1) is 17.5 Å². The highest BCUT2D eigenvalue weighted by atomic mass is 15.3. The number of aromatic nitrogens is 2. The van der Waals surface area contributed by atoms with Gasteiger partial charge >= 0.3 is 0 Å². The summed E-state index contributed by atoms with van der Waals surface area (Å²) in [4.78, 5) is 2.53. The Balaban J connectivity index is 1.65. The van der Waals surface area contributed by atoms with Crippen LogP contribution >= 0.6 is 0 Å². The van der Waals surface area contributed by atoms with E-state index in [1.54, 1.807) is 0 Å². The van der Waals surface area contributed by atoms with E-state index in [2.05, 4.69) is 16.1 Å². The molecule has 1 aromatic heterocycles. The van der Waals surface area contributed by atoms with Crippen LogP contribution in [0.2, 0.25) is 0 Å². The number of anilines is 1. The molecule has 2 rings (SSSR count). The molecule has 1 aliphatic rings. The van der Waals surface area contributed by atoms with E-state index in [1.165, 1.54) is 6.42 Å². The fourth-order valence-electron chi connectivity index (χ4n) is 2.92. The highest BCUT2D eigenvalue weighted by Gasteiger charge is 2.21. The number of hydrogen-bond acceptors (Lipinski definition) is 4. The Bertz CT molecular complexity index is 477. The van der Waals surface area contributed by atoms with Crippen molar-refractivity contribution in [2.45, 2.75) is 52.0 Å². The molecular formula is C16H27N5. The minimum Gasteiger partial charge on any atom is -0.382 e. The summed E-state index contributed by atoms with van der Waals surface area (Å²) in [6, 6.07) is 4.73. The van der Waals surface area contributed by atoms with Crippen LogP contribution in [-0.4, -0.2) is 34.3 Å². The minimum absolute atomic E-state index is 0.174. The van der Waals surface area contributed by atoms with Gasteiger partial charge in [-0.25, -0.2) is 0 Å². The van der Waals surface area contributed by atoms with Crippen molar-refractivity contribution in [3.63, 3.8) is 0 Å². The van der Waals surface area contributed by atoms with Crippen molar-refractivity contribution in [2.75, 3.05) is 25.4 Å². The molecule has 5 nitrogen and oxygen atoms in total. The lowest BCUT2D eigenvalue weighted by molar-refractivity contribution is 0.176. The summed E-state index contributed by atoms with van der Waals surface area (Å²) < 4.78 is 2.02. The zero-order valence-corrected chi connectivity index (χ0v) is 13.3. The molecule has 2 N–H and O–H groups in total. The fourth-order valence-corrected chi connectivity index (χ4v) is 2.92. The fraction of sp³-hybridized carbons (Fsp3) is 0.750. The van der Waals surface area contributed by atoms with Gasteiger partial charge < -0.3 is 10.6 Å². The summed E-state index contributed by atoms with van der Waals surface area (Å²) in [7, 11) is 0. The maximum absolute atomic E-state index is 9.00. The van der Waals surface area contributed by atoms with E-state index in [0.29, 0.717) is 11.9 Å². The Kier molecular flexibility index (Phi) is 5.24. The average molecular weight is 289 g/mol. The number of nitrogens with zero attached hydrogens (tertiary/aromatic N) is 4. The summed E-state index contributed by atoms with van der Waals surface area (Å²) in [6.07, 6.45) is 7.59. The zero-order valence-electron chi connectivity index (χ0n) is 13.3. The SMILES string of the molecule is CC(C)(C#N)CCCCN1CCC(n2ccc(N)n2)CC1. The maximum Gasteiger partial charge on any atom is 0.145 e. The third kappa shape index (κ3) is 4.75. The number of piperidine rings is 1. The van der Waals surface area contributed by atoms with E-state index in [9.17, 15) is 0 Å². The standard InChI is InChI=1S/C16H27N5/c1-16(2,13-17)8-3-4-9-20-10-5-14(6-11-20)21-12-7-15(18)19-21/h7,12,14H,3-6,8-11H2,1-2H3,(H2,18,19). The van der Waals surface area contributed by atoms with Gasteiger partial charge in [-0.3, -0.25) is 4.68 Å². The number of hydrogen-bond donors (Lipinski definition) is 1. The van der Waals surface area contributed by atoms with E-state index < -0.39 is 0 Å². The van der Waals surface area contributed by atoms with Crippen molar-refractivity contribution in [3.8, 4) is 6.07 Å². The lowest BCUT2D eigenvalue weighted by Gasteiger charge is -2.32. The van der Waals surface area contributed by atoms with Crippen molar-refractivity contribution in [3.05, 3.63) is 12.3 Å². The summed E-state index contributed by atoms with van der Waals surface area (Å²) in [5, 5.41) is 13.3. The molecule has 116 valence electrons. The van der Waals surface area contributed by atoms with Gasteiger partial charge in [-0.15, -0.1) is 0 Å². The highest BCUT2D eigenvalue weighted by molar-refractivity contribution is 5.24. The third-order valence-electron chi connectivity index (χ3n) is 4.39. The predicted molar refractivity (Wildman–Crippen MR) is 84.6 cm³/mol. The molecule has 21 heavy (non-hydrogen) atoms. The average Bonchev–Trinajstić information content (AvgIpc) is 2.91. The summed E-state index contributed by atoms with van der Waals surface area (Å²) >= 11 is 0. The van der Waals surface area contributed by atoms with Crippen LogP contribution in [0.1, 0.15) is 52.0 Å². The van der Waals surface area contributed by atoms with Gasteiger partial charge in [0.25, 0.3) is 0 Å². The molecule has 1 aliphatic heterocycles. The molecule has 0 amide bonds. The quantitative estimate of drug-likeness (QED) is 0.817. The molecule has 0 unspecified atom stereocenters. The smallest absolute Gasteiger partial charge is 0.145 e. The number of unbranched alkanes of at least 4 members (excludes halogenated alkanes) is 1. The second-order valence-electron chi connectivity index (χ2n) is 6.75. The molecule has 2 heterocycles. The van der Waals surface area contributed by atoms with Gasteiger partial charge in [0.15, 0.2) is 0 Å². The summed E-state index contributed by atoms with van der Waals surface area (Å²) in [5.74, 6) is 0.609. The van der Waals surface area contributed by atoms with E-state index in [4.69, 9.17) is 11.0 Å². The molecule has 0 radical (unpaired) electrons. The molecular weight excluding hydrogens is 262 g/mol. The van der Waals surface area contributed by atoms with Gasteiger partial charge in [0.2, 0.25) is 0 Å². The lowest BCUT2D eigenvalue weighted by atomic mass is 9.89. The molecule has 0 spiro atoms. The first kappa shape index (κ1) is 15.8. The highest BCUT2D eigenvalue weighted by Crippen LogP contribution is 2.24. The number of nitrogens with two attached hydrogens (primary N) is 1. The molecule has 1 saturated heterocycles. The van der Waals surface area contributed by atoms with Crippen LogP contribution in [0.3, 0.4) is 0 Å². The molecule has 0 saturated carbocycles. The van der Waals surface area contributed by atoms with Gasteiger partial charge in [0.1, 0.15) is 5.82 Å². The van der Waals surface area contributed by atoms with Crippen LogP contribution in [0, 0.1) is 16.7 Å². The molecule has 5 heteroatoms. The third-order valence-corrected chi connectivity index (χ3v) is 4.39. The molecule has 0 bridgehead atoms. The van der Waals surface area contributed by atoms with Crippen molar-refractivity contribution in [2.24, 2.45) is 5.41 Å². The van der Waals surface area contributed by atoms with Crippen molar-refractivity contribution in [1.82, 2.24) is 14.7 Å². The van der Waals surface area contributed by atoms with Crippen molar-refractivity contribution in [1.29, 1.82) is 5.26 Å². The van der Waals surface area contributed by atoms with Crippen LogP contribution in [0.15, 0.2) is 12.3 Å². The van der Waals surface area contributed by atoms with E-state index in [-0.39, 0.29) is 5.41 Å². The minimum atomic E-state index is -0.174. The van der Waals surface area contributed by atoms with E-state index in [0.717, 1.165) is 45.3 Å². The van der Waals surface area contributed by atoms with Gasteiger partial charge in [-0.1, -0.05) is 6.42 Å². The first-order valence-electron chi connectivity index (χ1n) is 7.94. The normalized spacial score (nSPS) is 17.8. The van der Waals surface area contributed by atoms with E-state index in [1.807, 2.05) is 30.8 Å². The Morgan fingerprint density at radius 3 is 2.67 bits per heavy atom. The molecule has 0 aliphatic carbocycles. The van der Waals surface area contributed by atoms with Gasteiger partial charge in [0, 0.05) is 19.3 Å². The zero-order chi connectivity index (χ0) is 15.3. The number of nitriles is 1. The van der Waals surface area contributed by atoms with Gasteiger partial charge in [-0.05, 0) is 52.1 Å². The summed E-state index contributed by atoms with van der Waals surface area (Å²) in [5.41, 5.74) is 5.50. The summed E-state index contributed by atoms with van der Waals surface area (Å²) in [6.45, 7) is 7.45. The maximum atomic E-state index is 9.00. The van der Waals surface area contributed by atoms with Crippen LogP contribution < -0.4 is 5.73 Å². The van der Waals surface area contributed by atoms with Crippen LogP contribution in [0.4, 0.5) is 5.82 Å².